The van der Waals surface area contributed by atoms with E-state index in [-0.39, 0.29) is 15.3 Å². The van der Waals surface area contributed by atoms with E-state index in [1.165, 1.54) is 6.42 Å². The van der Waals surface area contributed by atoms with E-state index in [0.717, 1.165) is 38.5 Å². The molecule has 3 nitrogen and oxygen atoms in total. The van der Waals surface area contributed by atoms with E-state index < -0.39 is 5.60 Å². The van der Waals surface area contributed by atoms with Crippen molar-refractivity contribution in [2.75, 3.05) is 6.61 Å². The number of rotatable bonds is 4. The fraction of sp³-hybridized carbons (Fsp3) is 0.933. The van der Waals surface area contributed by atoms with Gasteiger partial charge in [0.25, 0.3) is 0 Å². The van der Waals surface area contributed by atoms with E-state index in [2.05, 4.69) is 22.6 Å². The van der Waals surface area contributed by atoms with Crippen LogP contribution < -0.4 is 0 Å². The molecule has 108 valence electrons. The third kappa shape index (κ3) is 2.67. The monoisotopic (exact) mass is 378 g/mol. The number of aliphatic hydroxyl groups is 1. The number of carbonyl (C=O) groups excluding carboxylic acids is 1. The second kappa shape index (κ2) is 4.86. The van der Waals surface area contributed by atoms with E-state index >= 15 is 0 Å². The molecule has 0 aromatic carbocycles. The highest BCUT2D eigenvalue weighted by molar-refractivity contribution is 14.1. The van der Waals surface area contributed by atoms with Gasteiger partial charge in [-0.1, -0.05) is 29.5 Å². The molecule has 4 aliphatic rings. The molecule has 0 aromatic heterocycles. The zero-order valence-corrected chi connectivity index (χ0v) is 13.7. The highest BCUT2D eigenvalue weighted by Crippen LogP contribution is 2.61. The van der Waals surface area contributed by atoms with E-state index in [4.69, 9.17) is 4.74 Å². The van der Waals surface area contributed by atoms with Gasteiger partial charge in [0.05, 0.1) is 12.2 Å². The Balaban J connectivity index is 1.66. The van der Waals surface area contributed by atoms with Crippen molar-refractivity contribution in [2.45, 2.75) is 61.4 Å². The van der Waals surface area contributed by atoms with E-state index in [0.29, 0.717) is 18.4 Å². The summed E-state index contributed by atoms with van der Waals surface area (Å²) in [5.74, 6) is 1.24. The third-order valence-electron chi connectivity index (χ3n) is 5.29. The summed E-state index contributed by atoms with van der Waals surface area (Å²) in [5.41, 5.74) is -0.371. The van der Waals surface area contributed by atoms with Gasteiger partial charge < -0.3 is 9.84 Å². The molecule has 0 heterocycles. The molecule has 0 spiro atoms. The Hall–Kier alpha value is 0.160. The standard InChI is InChI=1S/C15H23IO3/c1-2-12(16)13(17)19-9-14-4-10-3-11(5-14)7-15(18,6-10)8-14/h10-12,18H,2-9H2,1H3. The normalized spacial score (nSPS) is 45.2. The molecule has 19 heavy (non-hydrogen) atoms. The number of ether oxygens (including phenoxy) is 1. The first-order valence-electron chi connectivity index (χ1n) is 7.47. The lowest BCUT2D eigenvalue weighted by Crippen LogP contribution is -2.57. The maximum atomic E-state index is 11.9. The van der Waals surface area contributed by atoms with Gasteiger partial charge in [-0.05, 0) is 56.8 Å². The minimum Gasteiger partial charge on any atom is -0.464 e. The second-order valence-corrected chi connectivity index (χ2v) is 8.67. The number of esters is 1. The molecule has 4 saturated carbocycles. The Labute approximate surface area is 128 Å². The number of halogens is 1. The molecule has 4 aliphatic carbocycles. The first kappa shape index (κ1) is 14.1. The van der Waals surface area contributed by atoms with Gasteiger partial charge >= 0.3 is 5.97 Å². The zero-order valence-electron chi connectivity index (χ0n) is 11.5. The highest BCUT2D eigenvalue weighted by atomic mass is 127. The Morgan fingerprint density at radius 1 is 1.37 bits per heavy atom. The van der Waals surface area contributed by atoms with Gasteiger partial charge in [0.2, 0.25) is 0 Å². The molecule has 3 atom stereocenters. The van der Waals surface area contributed by atoms with Crippen LogP contribution in [0.15, 0.2) is 0 Å². The van der Waals surface area contributed by atoms with E-state index in [9.17, 15) is 9.90 Å². The lowest BCUT2D eigenvalue weighted by Gasteiger charge is -2.59. The number of carbonyl (C=O) groups is 1. The summed E-state index contributed by atoms with van der Waals surface area (Å²) in [6, 6.07) is 0. The molecule has 4 heteroatoms. The molecule has 3 unspecified atom stereocenters. The molecule has 1 N–H and O–H groups in total. The molecule has 4 rings (SSSR count). The van der Waals surface area contributed by atoms with Gasteiger partial charge in [-0.2, -0.15) is 0 Å². The van der Waals surface area contributed by atoms with Crippen LogP contribution in [0, 0.1) is 17.3 Å². The third-order valence-corrected chi connectivity index (χ3v) is 6.68. The van der Waals surface area contributed by atoms with Crippen LogP contribution in [0.5, 0.6) is 0 Å². The molecule has 4 bridgehead atoms. The van der Waals surface area contributed by atoms with Crippen molar-refractivity contribution in [1.82, 2.24) is 0 Å². The molecule has 0 radical (unpaired) electrons. The van der Waals surface area contributed by atoms with Gasteiger partial charge in [-0.25, -0.2) is 0 Å². The minimum absolute atomic E-state index is 0.0328. The first-order valence-corrected chi connectivity index (χ1v) is 8.71. The number of hydrogen-bond donors (Lipinski definition) is 1. The number of alkyl halides is 1. The molecule has 0 aliphatic heterocycles. The van der Waals surface area contributed by atoms with Crippen molar-refractivity contribution in [3.05, 3.63) is 0 Å². The summed E-state index contributed by atoms with van der Waals surface area (Å²) in [4.78, 5) is 11.9. The smallest absolute Gasteiger partial charge is 0.318 e. The molecule has 4 fully saturated rings. The predicted molar refractivity (Wildman–Crippen MR) is 81.1 cm³/mol. The topological polar surface area (TPSA) is 46.5 Å². The fourth-order valence-corrected chi connectivity index (χ4v) is 5.23. The molecular weight excluding hydrogens is 355 g/mol. The maximum absolute atomic E-state index is 11.9. The Morgan fingerprint density at radius 3 is 2.53 bits per heavy atom. The first-order chi connectivity index (χ1) is 8.94. The van der Waals surface area contributed by atoms with Crippen molar-refractivity contribution in [2.24, 2.45) is 17.3 Å². The zero-order chi connectivity index (χ0) is 13.7. The van der Waals surface area contributed by atoms with Crippen LogP contribution in [0.2, 0.25) is 0 Å². The number of hydrogen-bond acceptors (Lipinski definition) is 3. The Kier molecular flexibility index (Phi) is 3.61. The van der Waals surface area contributed by atoms with Crippen LogP contribution in [-0.2, 0) is 9.53 Å². The lowest BCUT2D eigenvalue weighted by atomic mass is 9.48. The summed E-state index contributed by atoms with van der Waals surface area (Å²) < 4.78 is 5.53. The van der Waals surface area contributed by atoms with Crippen LogP contribution in [-0.4, -0.2) is 27.2 Å². The maximum Gasteiger partial charge on any atom is 0.318 e. The Morgan fingerprint density at radius 2 is 2.00 bits per heavy atom. The highest BCUT2D eigenvalue weighted by Gasteiger charge is 2.57. The summed E-state index contributed by atoms with van der Waals surface area (Å²) in [7, 11) is 0. The predicted octanol–water partition coefficient (Wildman–Crippen LogP) is 3.07. The lowest BCUT2D eigenvalue weighted by molar-refractivity contribution is -0.186. The molecule has 0 amide bonds. The van der Waals surface area contributed by atoms with E-state index in [1.807, 2.05) is 6.92 Å². The quantitative estimate of drug-likeness (QED) is 0.465. The average molecular weight is 378 g/mol. The van der Waals surface area contributed by atoms with Crippen LogP contribution in [0.25, 0.3) is 0 Å². The SMILES string of the molecule is CCC(I)C(=O)OCC12CC3CC(CC(O)(C3)C1)C2. The van der Waals surface area contributed by atoms with Crippen molar-refractivity contribution in [3.8, 4) is 0 Å². The largest absolute Gasteiger partial charge is 0.464 e. The van der Waals surface area contributed by atoms with Gasteiger partial charge in [0.1, 0.15) is 3.92 Å². The van der Waals surface area contributed by atoms with Crippen LogP contribution in [0.3, 0.4) is 0 Å². The van der Waals surface area contributed by atoms with E-state index in [1.54, 1.807) is 0 Å². The van der Waals surface area contributed by atoms with Crippen LogP contribution >= 0.6 is 22.6 Å². The minimum atomic E-state index is -0.453. The van der Waals surface area contributed by atoms with Crippen molar-refractivity contribution >= 4 is 28.6 Å². The van der Waals surface area contributed by atoms with Gasteiger partial charge in [0, 0.05) is 5.41 Å². The molecule has 0 saturated heterocycles. The van der Waals surface area contributed by atoms with Gasteiger partial charge in [-0.3, -0.25) is 4.79 Å². The summed E-state index contributed by atoms with van der Waals surface area (Å²) in [6.07, 6.45) is 7.20. The molecular formula is C15H23IO3. The second-order valence-electron chi connectivity index (χ2n) is 7.17. The summed E-state index contributed by atoms with van der Waals surface area (Å²) >= 11 is 2.15. The van der Waals surface area contributed by atoms with Gasteiger partial charge in [-0.15, -0.1) is 0 Å². The van der Waals surface area contributed by atoms with Crippen LogP contribution in [0.4, 0.5) is 0 Å². The summed E-state index contributed by atoms with van der Waals surface area (Å²) in [5, 5.41) is 10.6. The van der Waals surface area contributed by atoms with Gasteiger partial charge in [0.15, 0.2) is 0 Å². The fourth-order valence-electron chi connectivity index (χ4n) is 5.05. The van der Waals surface area contributed by atoms with Crippen molar-refractivity contribution < 1.29 is 14.6 Å². The summed E-state index contributed by atoms with van der Waals surface area (Å²) in [6.45, 7) is 2.53. The van der Waals surface area contributed by atoms with Crippen LogP contribution in [0.1, 0.15) is 51.9 Å². The van der Waals surface area contributed by atoms with Crippen molar-refractivity contribution in [3.63, 3.8) is 0 Å². The average Bonchev–Trinajstić information content (AvgIpc) is 2.32. The Bertz CT molecular complexity index is 368. The molecule has 0 aromatic rings. The van der Waals surface area contributed by atoms with Crippen molar-refractivity contribution in [1.29, 1.82) is 0 Å².